The molecule has 4 heteroatoms. The normalized spacial score (nSPS) is 10.1. The molecule has 1 radical (unpaired) electrons. The monoisotopic (exact) mass is 214 g/mol. The van der Waals surface area contributed by atoms with Crippen molar-refractivity contribution in [2.75, 3.05) is 7.05 Å². The number of amides is 1. The summed E-state index contributed by atoms with van der Waals surface area (Å²) in [6, 6.07) is 7.66. The van der Waals surface area contributed by atoms with Crippen molar-refractivity contribution < 1.29 is 4.79 Å². The summed E-state index contributed by atoms with van der Waals surface area (Å²) in [5, 5.41) is 6.39. The summed E-state index contributed by atoms with van der Waals surface area (Å²) in [6.45, 7) is 2.01. The standard InChI is InChI=1S/C12H12N3O/c1-9-5-3-4-6-11(9)10-7-14-15(8-10)12(16)13-2/h3-6,8H,1-2H3,(H,13,16). The Morgan fingerprint density at radius 2 is 2.19 bits per heavy atom. The van der Waals surface area contributed by atoms with Gasteiger partial charge in [0.1, 0.15) is 6.20 Å². The molecule has 0 unspecified atom stereocenters. The molecule has 1 amide bonds. The Morgan fingerprint density at radius 3 is 2.88 bits per heavy atom. The van der Waals surface area contributed by atoms with E-state index in [1.807, 2.05) is 31.2 Å². The third-order valence-electron chi connectivity index (χ3n) is 2.39. The van der Waals surface area contributed by atoms with E-state index >= 15 is 0 Å². The molecular weight excluding hydrogens is 202 g/mol. The summed E-state index contributed by atoms with van der Waals surface area (Å²) in [7, 11) is 1.57. The lowest BCUT2D eigenvalue weighted by Gasteiger charge is -2.01. The summed E-state index contributed by atoms with van der Waals surface area (Å²) in [5.41, 5.74) is 2.99. The van der Waals surface area contributed by atoms with Gasteiger partial charge in [0.15, 0.2) is 0 Å². The molecule has 0 aliphatic carbocycles. The van der Waals surface area contributed by atoms with E-state index in [4.69, 9.17) is 0 Å². The van der Waals surface area contributed by atoms with E-state index in [0.717, 1.165) is 16.7 Å². The molecule has 16 heavy (non-hydrogen) atoms. The number of benzene rings is 1. The molecule has 0 fully saturated rings. The van der Waals surface area contributed by atoms with E-state index in [1.165, 1.54) is 4.68 Å². The number of carbonyl (C=O) groups excluding carboxylic acids is 1. The van der Waals surface area contributed by atoms with Gasteiger partial charge in [-0.3, -0.25) is 0 Å². The van der Waals surface area contributed by atoms with E-state index < -0.39 is 0 Å². The van der Waals surface area contributed by atoms with Crippen molar-refractivity contribution in [1.29, 1.82) is 0 Å². The van der Waals surface area contributed by atoms with Crippen molar-refractivity contribution in [2.45, 2.75) is 6.92 Å². The molecule has 0 bridgehead atoms. The van der Waals surface area contributed by atoms with Gasteiger partial charge in [0.2, 0.25) is 0 Å². The maximum atomic E-state index is 11.3. The van der Waals surface area contributed by atoms with Gasteiger partial charge in [-0.15, -0.1) is 0 Å². The maximum Gasteiger partial charge on any atom is 0.341 e. The van der Waals surface area contributed by atoms with Crippen LogP contribution < -0.4 is 5.32 Å². The first-order valence-electron chi connectivity index (χ1n) is 4.98. The van der Waals surface area contributed by atoms with Crippen LogP contribution in [0.5, 0.6) is 0 Å². The Bertz CT molecular complexity index is 516. The lowest BCUT2D eigenvalue weighted by atomic mass is 10.0. The van der Waals surface area contributed by atoms with Crippen molar-refractivity contribution in [1.82, 2.24) is 15.1 Å². The highest BCUT2D eigenvalue weighted by molar-refractivity contribution is 5.77. The van der Waals surface area contributed by atoms with Crippen molar-refractivity contribution in [3.8, 4) is 11.1 Å². The van der Waals surface area contributed by atoms with Crippen LogP contribution in [0.4, 0.5) is 4.79 Å². The SMILES string of the molecule is CNC(=O)n1cc(-c2ccccc2C)[c]n1. The molecule has 0 atom stereocenters. The van der Waals surface area contributed by atoms with Crippen LogP contribution in [0, 0.1) is 13.1 Å². The highest BCUT2D eigenvalue weighted by Crippen LogP contribution is 2.21. The largest absolute Gasteiger partial charge is 0.341 e. The van der Waals surface area contributed by atoms with Gasteiger partial charge in [0, 0.05) is 18.8 Å². The zero-order chi connectivity index (χ0) is 11.5. The summed E-state index contributed by atoms with van der Waals surface area (Å²) >= 11 is 0. The Morgan fingerprint density at radius 1 is 1.44 bits per heavy atom. The van der Waals surface area contributed by atoms with Gasteiger partial charge in [-0.05, 0) is 18.1 Å². The van der Waals surface area contributed by atoms with Crippen LogP contribution >= 0.6 is 0 Å². The molecule has 81 valence electrons. The van der Waals surface area contributed by atoms with Gasteiger partial charge in [0.05, 0.1) is 0 Å². The van der Waals surface area contributed by atoms with Crippen molar-refractivity contribution in [3.63, 3.8) is 0 Å². The summed E-state index contributed by atoms with van der Waals surface area (Å²) < 4.78 is 1.24. The number of hydrogen-bond donors (Lipinski definition) is 1. The number of aryl methyl sites for hydroxylation is 1. The number of hydrogen-bond acceptors (Lipinski definition) is 2. The predicted molar refractivity (Wildman–Crippen MR) is 61.1 cm³/mol. The molecular formula is C12H12N3O. The highest BCUT2D eigenvalue weighted by Gasteiger charge is 2.08. The van der Waals surface area contributed by atoms with Crippen LogP contribution in [0.1, 0.15) is 5.56 Å². The summed E-state index contributed by atoms with van der Waals surface area (Å²) in [6.07, 6.45) is 4.50. The van der Waals surface area contributed by atoms with Crippen molar-refractivity contribution >= 4 is 6.03 Å². The smallest absolute Gasteiger partial charge is 0.339 e. The molecule has 4 nitrogen and oxygen atoms in total. The number of carbonyl (C=O) groups is 1. The lowest BCUT2D eigenvalue weighted by Crippen LogP contribution is -2.24. The van der Waals surface area contributed by atoms with Gasteiger partial charge in [-0.2, -0.15) is 9.78 Å². The van der Waals surface area contributed by atoms with Crippen LogP contribution in [0.3, 0.4) is 0 Å². The van der Waals surface area contributed by atoms with Crippen molar-refractivity contribution in [2.24, 2.45) is 0 Å². The van der Waals surface area contributed by atoms with Gasteiger partial charge in [0.25, 0.3) is 0 Å². The number of nitrogens with one attached hydrogen (secondary N) is 1. The van der Waals surface area contributed by atoms with Gasteiger partial charge in [-0.1, -0.05) is 24.3 Å². The first kappa shape index (κ1) is 10.4. The molecule has 1 aromatic heterocycles. The Hall–Kier alpha value is -2.10. The predicted octanol–water partition coefficient (Wildman–Crippen LogP) is 1.85. The highest BCUT2D eigenvalue weighted by atomic mass is 16.2. The fraction of sp³-hybridized carbons (Fsp3) is 0.167. The van der Waals surface area contributed by atoms with E-state index in [9.17, 15) is 4.79 Å². The Balaban J connectivity index is 2.39. The van der Waals surface area contributed by atoms with E-state index in [0.29, 0.717) is 0 Å². The van der Waals surface area contributed by atoms with Crippen LogP contribution in [-0.4, -0.2) is 22.9 Å². The molecule has 2 rings (SSSR count). The van der Waals surface area contributed by atoms with Crippen LogP contribution in [-0.2, 0) is 0 Å². The minimum absolute atomic E-state index is 0.268. The van der Waals surface area contributed by atoms with Crippen LogP contribution in [0.25, 0.3) is 11.1 Å². The lowest BCUT2D eigenvalue weighted by molar-refractivity contribution is 0.241. The average Bonchev–Trinajstić information content (AvgIpc) is 2.78. The summed E-state index contributed by atoms with van der Waals surface area (Å²) in [5.74, 6) is 0. The first-order chi connectivity index (χ1) is 7.72. The zero-order valence-corrected chi connectivity index (χ0v) is 9.19. The molecule has 2 aromatic rings. The Labute approximate surface area is 93.9 Å². The Kier molecular flexibility index (Phi) is 2.72. The van der Waals surface area contributed by atoms with Gasteiger partial charge >= 0.3 is 6.03 Å². The second kappa shape index (κ2) is 4.18. The van der Waals surface area contributed by atoms with E-state index in [1.54, 1.807) is 13.2 Å². The first-order valence-corrected chi connectivity index (χ1v) is 4.98. The third kappa shape index (κ3) is 1.82. The fourth-order valence-electron chi connectivity index (χ4n) is 1.51. The summed E-state index contributed by atoms with van der Waals surface area (Å²) in [4.78, 5) is 11.3. The average molecular weight is 214 g/mol. The number of nitrogens with zero attached hydrogens (tertiary/aromatic N) is 2. The minimum Gasteiger partial charge on any atom is -0.339 e. The quantitative estimate of drug-likeness (QED) is 0.787. The topological polar surface area (TPSA) is 46.9 Å². The van der Waals surface area contributed by atoms with E-state index in [-0.39, 0.29) is 6.03 Å². The van der Waals surface area contributed by atoms with Crippen molar-refractivity contribution in [3.05, 3.63) is 42.2 Å². The molecule has 0 aliphatic heterocycles. The number of rotatable bonds is 1. The second-order valence-corrected chi connectivity index (χ2v) is 3.47. The molecule has 0 spiro atoms. The number of aromatic nitrogens is 2. The molecule has 1 N–H and O–H groups in total. The van der Waals surface area contributed by atoms with Gasteiger partial charge in [-0.25, -0.2) is 4.79 Å². The molecule has 0 aliphatic rings. The third-order valence-corrected chi connectivity index (χ3v) is 2.39. The molecule has 1 aromatic carbocycles. The zero-order valence-electron chi connectivity index (χ0n) is 9.19. The van der Waals surface area contributed by atoms with Crippen LogP contribution in [0.15, 0.2) is 30.5 Å². The molecule has 0 saturated carbocycles. The molecule has 0 saturated heterocycles. The maximum absolute atomic E-state index is 11.3. The van der Waals surface area contributed by atoms with Gasteiger partial charge < -0.3 is 5.32 Å². The second-order valence-electron chi connectivity index (χ2n) is 3.47. The fourth-order valence-corrected chi connectivity index (χ4v) is 1.51. The molecule has 1 heterocycles. The van der Waals surface area contributed by atoms with Crippen LogP contribution in [0.2, 0.25) is 0 Å². The minimum atomic E-state index is -0.268. The van der Waals surface area contributed by atoms with E-state index in [2.05, 4.69) is 16.6 Å².